The molecule has 3 nitrogen and oxygen atoms in total. The topological polar surface area (TPSA) is 27.3 Å². The van der Waals surface area contributed by atoms with Crippen LogP contribution in [0.2, 0.25) is 0 Å². The molecule has 0 N–H and O–H groups in total. The van der Waals surface area contributed by atoms with E-state index < -0.39 is 0 Å². The van der Waals surface area contributed by atoms with Crippen molar-refractivity contribution in [1.29, 1.82) is 0 Å². The summed E-state index contributed by atoms with van der Waals surface area (Å²) in [6, 6.07) is 44.3. The van der Waals surface area contributed by atoms with Gasteiger partial charge in [0.15, 0.2) is 0 Å². The Kier molecular flexibility index (Phi) is 5.28. The molecule has 0 radical (unpaired) electrons. The summed E-state index contributed by atoms with van der Waals surface area (Å²) in [7, 11) is 0. The van der Waals surface area contributed by atoms with Crippen LogP contribution in [0.5, 0.6) is 11.5 Å². The van der Waals surface area contributed by atoms with Crippen molar-refractivity contribution in [3.8, 4) is 17.2 Å². The second-order valence-corrected chi connectivity index (χ2v) is 15.9. The average Bonchev–Trinajstić information content (AvgIpc) is 3.81. The maximum Gasteiger partial charge on any atom is 0.253 e. The number of fused-ring (bicyclic) bond motifs is 16. The highest BCUT2D eigenvalue weighted by Gasteiger charge is 2.40. The molecule has 3 aromatic heterocycles. The molecule has 0 aliphatic carbocycles. The van der Waals surface area contributed by atoms with Crippen LogP contribution in [0.15, 0.2) is 136 Å². The predicted octanol–water partition coefficient (Wildman–Crippen LogP) is 10.8. The molecule has 0 unspecified atom stereocenters. The number of ether oxygens (including phenoxy) is 1. The lowest BCUT2D eigenvalue weighted by Gasteiger charge is -2.33. The van der Waals surface area contributed by atoms with E-state index in [1.165, 1.54) is 79.3 Å². The van der Waals surface area contributed by atoms with Crippen LogP contribution in [0.4, 0.5) is 0 Å². The maximum absolute atomic E-state index is 6.90. The Bertz CT molecular complexity index is 3040. The van der Waals surface area contributed by atoms with Crippen LogP contribution in [0.1, 0.15) is 11.1 Å². The number of benzene rings is 7. The third-order valence-corrected chi connectivity index (χ3v) is 13.1. The zero-order valence-electron chi connectivity index (χ0n) is 27.2. The van der Waals surface area contributed by atoms with Gasteiger partial charge in [0.1, 0.15) is 22.7 Å². The molecule has 12 rings (SSSR count). The first-order valence-corrected chi connectivity index (χ1v) is 18.7. The van der Waals surface area contributed by atoms with Crippen molar-refractivity contribution in [3.63, 3.8) is 0 Å². The molecule has 0 fully saturated rings. The molecule has 2 aliphatic rings. The van der Waals surface area contributed by atoms with Gasteiger partial charge in [-0.3, -0.25) is 0 Å². The second-order valence-electron chi connectivity index (χ2n) is 13.8. The number of aryl methyl sites for hydroxylation is 2. The van der Waals surface area contributed by atoms with E-state index in [1.807, 2.05) is 23.1 Å². The van der Waals surface area contributed by atoms with Gasteiger partial charge in [0.25, 0.3) is 6.71 Å². The fraction of sp³-hybridized carbons (Fsp3) is 0.0455. The minimum Gasteiger partial charge on any atom is -0.458 e. The number of furan rings is 1. The molecule has 0 amide bonds. The molecular formula is C44H26BNO2S2. The lowest BCUT2D eigenvalue weighted by molar-refractivity contribution is 0.486. The normalized spacial score (nSPS) is 13.4. The number of nitrogens with zero attached hydrogens (tertiary/aromatic N) is 1. The maximum atomic E-state index is 6.90. The summed E-state index contributed by atoms with van der Waals surface area (Å²) in [6.07, 6.45) is 0. The number of para-hydroxylation sites is 2. The van der Waals surface area contributed by atoms with E-state index in [0.29, 0.717) is 0 Å². The largest absolute Gasteiger partial charge is 0.458 e. The Morgan fingerprint density at radius 2 is 1.38 bits per heavy atom. The fourth-order valence-corrected chi connectivity index (χ4v) is 11.2. The molecular weight excluding hydrogens is 649 g/mol. The van der Waals surface area contributed by atoms with E-state index in [2.05, 4.69) is 140 Å². The van der Waals surface area contributed by atoms with Crippen molar-refractivity contribution in [1.82, 2.24) is 4.57 Å². The Labute approximate surface area is 295 Å². The van der Waals surface area contributed by atoms with Gasteiger partial charge in [0.2, 0.25) is 0 Å². The van der Waals surface area contributed by atoms with Crippen LogP contribution in [-0.2, 0) is 0 Å². The molecule has 0 saturated heterocycles. The molecule has 0 spiro atoms. The highest BCUT2D eigenvalue weighted by molar-refractivity contribution is 8.00. The van der Waals surface area contributed by atoms with E-state index in [0.717, 1.165) is 39.1 Å². The van der Waals surface area contributed by atoms with Crippen molar-refractivity contribution in [3.05, 3.63) is 132 Å². The third kappa shape index (κ3) is 3.47. The first kappa shape index (κ1) is 27.4. The van der Waals surface area contributed by atoms with Gasteiger partial charge in [0.05, 0.1) is 22.1 Å². The Balaban J connectivity index is 1.25. The van der Waals surface area contributed by atoms with Crippen LogP contribution in [0, 0.1) is 13.8 Å². The number of rotatable bonds is 1. The fourth-order valence-electron chi connectivity index (χ4n) is 8.74. The van der Waals surface area contributed by atoms with Crippen LogP contribution < -0.4 is 21.1 Å². The lowest BCUT2D eigenvalue weighted by atomic mass is 9.35. The number of thiophene rings is 1. The van der Waals surface area contributed by atoms with Crippen LogP contribution >= 0.6 is 23.1 Å². The van der Waals surface area contributed by atoms with Gasteiger partial charge in [0, 0.05) is 52.2 Å². The SMILES string of the molecule is Cc1ccc2c(c1)B1c3cc(C)ccc3Sc3cc(-n4c5ccccc5c5c6sc7ccccc7c6c6oc7ccccc7c6c54)cc(c31)O2. The summed E-state index contributed by atoms with van der Waals surface area (Å²) in [5.41, 5.74) is 11.7. The van der Waals surface area contributed by atoms with E-state index in [1.54, 1.807) is 0 Å². The van der Waals surface area contributed by atoms with E-state index >= 15 is 0 Å². The second kappa shape index (κ2) is 9.63. The summed E-state index contributed by atoms with van der Waals surface area (Å²) in [5.74, 6) is 1.87. The highest BCUT2D eigenvalue weighted by Crippen LogP contribution is 2.51. The Morgan fingerprint density at radius 3 is 2.28 bits per heavy atom. The van der Waals surface area contributed by atoms with Crippen molar-refractivity contribution in [2.45, 2.75) is 23.6 Å². The summed E-state index contributed by atoms with van der Waals surface area (Å²) >= 11 is 3.73. The van der Waals surface area contributed by atoms with Gasteiger partial charge in [-0.2, -0.15) is 0 Å². The van der Waals surface area contributed by atoms with Crippen LogP contribution in [0.3, 0.4) is 0 Å². The molecule has 50 heavy (non-hydrogen) atoms. The van der Waals surface area contributed by atoms with Crippen molar-refractivity contribution in [2.24, 2.45) is 0 Å². The van der Waals surface area contributed by atoms with Crippen LogP contribution in [0.25, 0.3) is 69.6 Å². The Hall–Kier alpha value is -5.43. The van der Waals surface area contributed by atoms with Gasteiger partial charge in [-0.05, 0) is 61.2 Å². The van der Waals surface area contributed by atoms with Crippen LogP contribution in [-0.4, -0.2) is 11.3 Å². The molecule has 0 saturated carbocycles. The zero-order chi connectivity index (χ0) is 32.8. The van der Waals surface area contributed by atoms with Gasteiger partial charge in [-0.25, -0.2) is 0 Å². The summed E-state index contributed by atoms with van der Waals surface area (Å²) in [4.78, 5) is 2.55. The van der Waals surface area contributed by atoms with Gasteiger partial charge in [-0.15, -0.1) is 11.3 Å². The van der Waals surface area contributed by atoms with E-state index in [-0.39, 0.29) is 6.71 Å². The molecule has 6 heteroatoms. The molecule has 2 aliphatic heterocycles. The number of hydrogen-bond donors (Lipinski definition) is 0. The van der Waals surface area contributed by atoms with Crippen molar-refractivity contribution in [2.75, 3.05) is 0 Å². The van der Waals surface area contributed by atoms with E-state index in [9.17, 15) is 0 Å². The summed E-state index contributed by atoms with van der Waals surface area (Å²) in [6.45, 7) is 4.48. The molecule has 7 aromatic carbocycles. The van der Waals surface area contributed by atoms with Gasteiger partial charge < -0.3 is 13.7 Å². The Morgan fingerprint density at radius 1 is 0.620 bits per heavy atom. The molecule has 0 bridgehead atoms. The van der Waals surface area contributed by atoms with E-state index in [4.69, 9.17) is 9.15 Å². The first-order valence-electron chi connectivity index (χ1n) is 17.0. The average molecular weight is 676 g/mol. The molecule has 234 valence electrons. The van der Waals surface area contributed by atoms with Gasteiger partial charge >= 0.3 is 0 Å². The standard InChI is InChI=1S/C44H26BNO2S2/c1-23-15-17-33-29(19-23)45-30-20-24(2)16-18-36(30)49-37-22-25(21-34(47-33)41(37)45)46-31-12-6-3-9-26(31)39-42(46)38-27-10-4-7-13-32(27)48-43(38)40-28-11-5-8-14-35(28)50-44(39)40/h3-22H,1-2H3. The zero-order valence-corrected chi connectivity index (χ0v) is 28.8. The minimum absolute atomic E-state index is 0.120. The highest BCUT2D eigenvalue weighted by atomic mass is 32.2. The smallest absolute Gasteiger partial charge is 0.253 e. The third-order valence-electron chi connectivity index (χ3n) is 10.8. The first-order chi connectivity index (χ1) is 24.6. The summed E-state index contributed by atoms with van der Waals surface area (Å²) < 4.78 is 18.8. The molecule has 0 atom stereocenters. The lowest BCUT2D eigenvalue weighted by Crippen LogP contribution is -2.57. The van der Waals surface area contributed by atoms with Gasteiger partial charge in [-0.1, -0.05) is 107 Å². The molecule has 10 aromatic rings. The monoisotopic (exact) mass is 675 g/mol. The minimum atomic E-state index is 0.120. The molecule has 5 heterocycles. The number of hydrogen-bond acceptors (Lipinski definition) is 4. The number of aromatic nitrogens is 1. The van der Waals surface area contributed by atoms with Crippen molar-refractivity contribution < 1.29 is 9.15 Å². The summed E-state index contributed by atoms with van der Waals surface area (Å²) in [5, 5.41) is 7.25. The van der Waals surface area contributed by atoms with Crippen molar-refractivity contribution >= 4 is 110 Å². The quantitative estimate of drug-likeness (QED) is 0.162. The predicted molar refractivity (Wildman–Crippen MR) is 212 cm³/mol.